The Kier molecular flexibility index (Phi) is 8.33. The lowest BCUT2D eigenvalue weighted by Crippen LogP contribution is -2.59. The molecular formula is C37H43N7O4S. The van der Waals surface area contributed by atoms with E-state index in [1.165, 1.54) is 31.4 Å². The maximum Gasteiger partial charge on any atom is 0.264 e. The highest BCUT2D eigenvalue weighted by atomic mass is 32.2. The molecule has 4 aromatic rings. The van der Waals surface area contributed by atoms with E-state index < -0.39 is 16.1 Å². The van der Waals surface area contributed by atoms with Crippen molar-refractivity contribution in [2.75, 3.05) is 29.3 Å². The fraction of sp³-hybridized carbons (Fsp3) is 0.432. The highest BCUT2D eigenvalue weighted by molar-refractivity contribution is 7.92. The molecule has 1 atom stereocenters. The van der Waals surface area contributed by atoms with Crippen LogP contribution in [0.5, 0.6) is 5.88 Å². The van der Waals surface area contributed by atoms with Gasteiger partial charge in [-0.1, -0.05) is 51.5 Å². The molecule has 0 unspecified atom stereocenters. The van der Waals surface area contributed by atoms with E-state index in [0.717, 1.165) is 35.5 Å². The maximum atomic E-state index is 14.4. The number of ether oxygens (including phenoxy) is 1. The smallest absolute Gasteiger partial charge is 0.264 e. The van der Waals surface area contributed by atoms with E-state index in [0.29, 0.717) is 23.4 Å². The Morgan fingerprint density at radius 1 is 0.980 bits per heavy atom. The van der Waals surface area contributed by atoms with Gasteiger partial charge in [-0.25, -0.2) is 28.1 Å². The van der Waals surface area contributed by atoms with E-state index in [1.54, 1.807) is 23.1 Å². The minimum atomic E-state index is -4.17. The van der Waals surface area contributed by atoms with Crippen LogP contribution in [0.3, 0.4) is 0 Å². The van der Waals surface area contributed by atoms with Gasteiger partial charge in [-0.3, -0.25) is 4.79 Å². The van der Waals surface area contributed by atoms with E-state index in [-0.39, 0.29) is 46.8 Å². The molecule has 0 radical (unpaired) electrons. The number of aromatic nitrogens is 4. The monoisotopic (exact) mass is 681 g/mol. The number of anilines is 2. The highest BCUT2D eigenvalue weighted by Crippen LogP contribution is 2.49. The minimum absolute atomic E-state index is 0.0761. The van der Waals surface area contributed by atoms with Gasteiger partial charge in [0.25, 0.3) is 15.9 Å². The van der Waals surface area contributed by atoms with Gasteiger partial charge in [0.05, 0.1) is 41.3 Å². The predicted molar refractivity (Wildman–Crippen MR) is 188 cm³/mol. The minimum Gasteiger partial charge on any atom is -0.475 e. The first-order valence-corrected chi connectivity index (χ1v) is 18.3. The number of sulfonamides is 1. The fourth-order valence-electron chi connectivity index (χ4n) is 7.23. The molecule has 7 rings (SSSR count). The first-order valence-electron chi connectivity index (χ1n) is 16.9. The zero-order valence-corrected chi connectivity index (χ0v) is 29.5. The van der Waals surface area contributed by atoms with Gasteiger partial charge in [0.15, 0.2) is 0 Å². The normalized spacial score (nSPS) is 19.8. The number of hydrogen-bond acceptors (Lipinski definition) is 9. The topological polar surface area (TPSA) is 131 Å². The standard InChI is InChI=1S/C37H43N7O4S/c1-24-9-6-10-25(2)33(24)30-16-32-41-35(40-30)42-49(46,47)29-12-7-11-26(15-29)34(45)44(27(21-48-32)17-36(3,4)5)20-31-38-18-28(19-39-31)43-22-37(23-43)13-8-14-37/h6-7,9-12,15-16,18-19,27H,8,13-14,17,20-23H2,1-5H3,(H,40,41,42)/t27-/m1/s1. The second-order valence-corrected chi connectivity index (χ2v) is 16.7. The number of aryl methyl sites for hydroxylation is 2. The maximum absolute atomic E-state index is 14.4. The first kappa shape index (κ1) is 32.9. The van der Waals surface area contributed by atoms with Crippen molar-refractivity contribution in [3.8, 4) is 17.1 Å². The number of hydrogen-bond donors (Lipinski definition) is 1. The summed E-state index contributed by atoms with van der Waals surface area (Å²) in [6.07, 6.45) is 8.15. The average molecular weight is 682 g/mol. The van der Waals surface area contributed by atoms with E-state index in [4.69, 9.17) is 14.7 Å². The van der Waals surface area contributed by atoms with Crippen molar-refractivity contribution in [3.05, 3.63) is 83.4 Å². The van der Waals surface area contributed by atoms with Crippen LogP contribution < -0.4 is 14.4 Å². The van der Waals surface area contributed by atoms with E-state index in [1.807, 2.05) is 44.4 Å². The van der Waals surface area contributed by atoms with E-state index >= 15 is 0 Å². The molecule has 1 saturated heterocycles. The molecule has 1 amide bonds. The van der Waals surface area contributed by atoms with Gasteiger partial charge in [0, 0.05) is 35.7 Å². The van der Waals surface area contributed by atoms with Crippen molar-refractivity contribution in [2.24, 2.45) is 10.8 Å². The van der Waals surface area contributed by atoms with Crippen LogP contribution in [-0.2, 0) is 16.6 Å². The van der Waals surface area contributed by atoms with Gasteiger partial charge in [-0.2, -0.15) is 4.98 Å². The summed E-state index contributed by atoms with van der Waals surface area (Å²) in [6.45, 7) is 12.6. The van der Waals surface area contributed by atoms with Gasteiger partial charge in [0.1, 0.15) is 12.4 Å². The largest absolute Gasteiger partial charge is 0.475 e. The highest BCUT2D eigenvalue weighted by Gasteiger charge is 2.47. The van der Waals surface area contributed by atoms with Gasteiger partial charge < -0.3 is 14.5 Å². The molecule has 2 aromatic heterocycles. The second-order valence-electron chi connectivity index (χ2n) is 15.0. The molecular weight excluding hydrogens is 639 g/mol. The van der Waals surface area contributed by atoms with E-state index in [2.05, 4.69) is 40.4 Å². The molecule has 2 aromatic carbocycles. The summed E-state index contributed by atoms with van der Waals surface area (Å²) in [5.74, 6) is 0.230. The van der Waals surface area contributed by atoms with Crippen LogP contribution >= 0.6 is 0 Å². The summed E-state index contributed by atoms with van der Waals surface area (Å²) < 4.78 is 36.3. The van der Waals surface area contributed by atoms with E-state index in [9.17, 15) is 13.2 Å². The summed E-state index contributed by atoms with van der Waals surface area (Å²) in [7, 11) is -4.17. The third-order valence-corrected chi connectivity index (χ3v) is 11.2. The molecule has 3 aliphatic rings. The van der Waals surface area contributed by atoms with Crippen LogP contribution in [-0.4, -0.2) is 64.9 Å². The molecule has 1 saturated carbocycles. The number of rotatable bonds is 5. The SMILES string of the molecule is Cc1cccc(C)c1-c1cc2nc(n1)NS(=O)(=O)c1cccc(c1)C(=O)N(Cc1ncc(N3CC4(CCC4)C3)cn1)[C@H](CC(C)(C)C)CO2. The Balaban J connectivity index is 1.27. The number of nitrogens with one attached hydrogen (secondary N) is 1. The number of carbonyl (C=O) groups is 1. The van der Waals surface area contributed by atoms with Crippen molar-refractivity contribution >= 4 is 27.6 Å². The molecule has 49 heavy (non-hydrogen) atoms. The quantitative estimate of drug-likeness (QED) is 0.262. The van der Waals surface area contributed by atoms with Crippen LogP contribution in [0, 0.1) is 24.7 Å². The second kappa shape index (κ2) is 12.4. The molecule has 4 bridgehead atoms. The van der Waals surface area contributed by atoms with Crippen molar-refractivity contribution in [1.29, 1.82) is 0 Å². The lowest BCUT2D eigenvalue weighted by molar-refractivity contribution is 0.0505. The molecule has 4 heterocycles. The molecule has 11 nitrogen and oxygen atoms in total. The van der Waals surface area contributed by atoms with Crippen molar-refractivity contribution in [2.45, 2.75) is 77.8 Å². The summed E-state index contributed by atoms with van der Waals surface area (Å²) in [5.41, 5.74) is 4.86. The first-order chi connectivity index (χ1) is 23.3. The zero-order valence-electron chi connectivity index (χ0n) is 28.7. The molecule has 2 aliphatic heterocycles. The van der Waals surface area contributed by atoms with Crippen LogP contribution in [0.4, 0.5) is 11.6 Å². The number of amides is 1. The van der Waals surface area contributed by atoms with Crippen LogP contribution in [0.2, 0.25) is 0 Å². The number of fused-ring (bicyclic) bond motifs is 4. The molecule has 2 fully saturated rings. The lowest BCUT2D eigenvalue weighted by Gasteiger charge is -2.56. The Morgan fingerprint density at radius 3 is 2.33 bits per heavy atom. The Bertz CT molecular complexity index is 1980. The van der Waals surface area contributed by atoms with Gasteiger partial charge in [-0.15, -0.1) is 0 Å². The van der Waals surface area contributed by atoms with Gasteiger partial charge in [-0.05, 0) is 67.9 Å². The number of benzene rings is 2. The third kappa shape index (κ3) is 6.83. The Labute approximate surface area is 288 Å². The zero-order chi connectivity index (χ0) is 34.6. The molecule has 1 N–H and O–H groups in total. The van der Waals surface area contributed by atoms with Crippen LogP contribution in [0.25, 0.3) is 11.3 Å². The lowest BCUT2D eigenvalue weighted by atomic mass is 9.63. The van der Waals surface area contributed by atoms with Crippen molar-refractivity contribution in [3.63, 3.8) is 0 Å². The van der Waals surface area contributed by atoms with Crippen LogP contribution in [0.1, 0.15) is 73.8 Å². The van der Waals surface area contributed by atoms with Gasteiger partial charge in [0.2, 0.25) is 11.8 Å². The number of carbonyl (C=O) groups excluding carboxylic acids is 1. The average Bonchev–Trinajstić information content (AvgIpc) is 3.00. The van der Waals surface area contributed by atoms with Crippen molar-refractivity contribution in [1.82, 2.24) is 24.8 Å². The summed E-state index contributed by atoms with van der Waals surface area (Å²) in [5, 5.41) is 0. The molecule has 1 spiro atoms. The molecule has 12 heteroatoms. The van der Waals surface area contributed by atoms with Crippen LogP contribution in [0.15, 0.2) is 65.8 Å². The summed E-state index contributed by atoms with van der Waals surface area (Å²) >= 11 is 0. The summed E-state index contributed by atoms with van der Waals surface area (Å²) in [6, 6.07) is 13.3. The third-order valence-electron chi connectivity index (χ3n) is 9.87. The Hall–Kier alpha value is -4.58. The Morgan fingerprint density at radius 2 is 1.67 bits per heavy atom. The fourth-order valence-corrected chi connectivity index (χ4v) is 8.22. The molecule has 256 valence electrons. The van der Waals surface area contributed by atoms with Gasteiger partial charge >= 0.3 is 0 Å². The number of nitrogens with zero attached hydrogens (tertiary/aromatic N) is 6. The molecule has 1 aliphatic carbocycles. The van der Waals surface area contributed by atoms with Crippen molar-refractivity contribution < 1.29 is 17.9 Å². The summed E-state index contributed by atoms with van der Waals surface area (Å²) in [4.78, 5) is 36.9. The predicted octanol–water partition coefficient (Wildman–Crippen LogP) is 6.18.